The van der Waals surface area contributed by atoms with Crippen molar-refractivity contribution in [2.45, 2.75) is 56.6 Å². The number of benzene rings is 2. The van der Waals surface area contributed by atoms with Crippen molar-refractivity contribution in [2.24, 2.45) is 0 Å². The number of hydrogen-bond donors (Lipinski definition) is 3. The minimum absolute atomic E-state index is 0.140. The Hall–Kier alpha value is -3.74. The van der Waals surface area contributed by atoms with Crippen LogP contribution < -0.4 is 15.4 Å². The van der Waals surface area contributed by atoms with E-state index in [2.05, 4.69) is 5.32 Å². The van der Waals surface area contributed by atoms with Crippen LogP contribution in [0.5, 0.6) is 0 Å². The van der Waals surface area contributed by atoms with Crippen LogP contribution in [0.3, 0.4) is 0 Å². The molecule has 0 spiro atoms. The first-order valence-electron chi connectivity index (χ1n) is 13.7. The smallest absolute Gasteiger partial charge is 0.382 e. The number of hydrogen-bond acceptors (Lipinski definition) is 8. The zero-order chi connectivity index (χ0) is 31.4. The minimum Gasteiger partial charge on any atom is -0.382 e. The van der Waals surface area contributed by atoms with Gasteiger partial charge < -0.3 is 19.9 Å². The number of anilines is 3. The van der Waals surface area contributed by atoms with Crippen molar-refractivity contribution in [1.29, 1.82) is 5.26 Å². The molecule has 1 aliphatic heterocycles. The number of nitriles is 1. The molecule has 1 aliphatic carbocycles. The molecule has 234 valence electrons. The Labute approximate surface area is 243 Å². The summed E-state index contributed by atoms with van der Waals surface area (Å²) in [6, 6.07) is 8.12. The molecule has 2 aromatic rings. The van der Waals surface area contributed by atoms with E-state index < -0.39 is 40.0 Å². The van der Waals surface area contributed by atoms with Gasteiger partial charge in [-0.15, -0.1) is 5.23 Å². The monoisotopic (exact) mass is 615 g/mol. The van der Waals surface area contributed by atoms with Gasteiger partial charge in [-0.2, -0.15) is 31.6 Å². The lowest BCUT2D eigenvalue weighted by Gasteiger charge is -2.30. The second-order valence-electron chi connectivity index (χ2n) is 10.5. The van der Waals surface area contributed by atoms with E-state index in [0.717, 1.165) is 24.3 Å². The van der Waals surface area contributed by atoms with E-state index in [1.807, 2.05) is 0 Å². The van der Waals surface area contributed by atoms with Crippen molar-refractivity contribution in [2.75, 3.05) is 48.2 Å². The summed E-state index contributed by atoms with van der Waals surface area (Å²) >= 11 is 0. The Morgan fingerprint density at radius 1 is 0.953 bits per heavy atom. The van der Waals surface area contributed by atoms with Gasteiger partial charge in [-0.3, -0.25) is 15.2 Å². The zero-order valence-electron chi connectivity index (χ0n) is 23.0. The summed E-state index contributed by atoms with van der Waals surface area (Å²) in [5, 5.41) is 29.7. The van der Waals surface area contributed by atoms with Gasteiger partial charge in [0.2, 0.25) is 5.91 Å². The summed E-state index contributed by atoms with van der Waals surface area (Å²) in [5.41, 5.74) is -2.91. The van der Waals surface area contributed by atoms with Crippen molar-refractivity contribution in [3.63, 3.8) is 0 Å². The second kappa shape index (κ2) is 13.3. The van der Waals surface area contributed by atoms with Crippen LogP contribution in [-0.4, -0.2) is 66.2 Å². The molecule has 43 heavy (non-hydrogen) atoms. The number of alkyl halides is 6. The summed E-state index contributed by atoms with van der Waals surface area (Å²) in [7, 11) is 0. The van der Waals surface area contributed by atoms with Crippen molar-refractivity contribution in [3.05, 3.63) is 53.1 Å². The SMILES string of the molecule is N#Cc1ccc(N2CCCN(C(=O)COC3CCC(Nc4ccc(N(O)O)c(C(F)(F)F)c4)CC3)CC2)cc1C(F)(F)F. The minimum atomic E-state index is -4.79. The maximum absolute atomic E-state index is 13.4. The van der Waals surface area contributed by atoms with Crippen LogP contribution in [0.4, 0.5) is 43.4 Å². The Morgan fingerprint density at radius 3 is 2.28 bits per heavy atom. The summed E-state index contributed by atoms with van der Waals surface area (Å²) < 4.78 is 86.0. The molecule has 0 aromatic heterocycles. The highest BCUT2D eigenvalue weighted by Gasteiger charge is 2.36. The average molecular weight is 616 g/mol. The third-order valence-corrected chi connectivity index (χ3v) is 7.65. The fourth-order valence-corrected chi connectivity index (χ4v) is 5.40. The molecular weight excluding hydrogens is 584 g/mol. The van der Waals surface area contributed by atoms with Crippen molar-refractivity contribution in [3.8, 4) is 6.07 Å². The van der Waals surface area contributed by atoms with E-state index in [-0.39, 0.29) is 30.3 Å². The molecule has 2 aliphatic rings. The number of carbonyl (C=O) groups excluding carboxylic acids is 1. The van der Waals surface area contributed by atoms with Gasteiger partial charge in [0.25, 0.3) is 0 Å². The maximum Gasteiger partial charge on any atom is 0.418 e. The highest BCUT2D eigenvalue weighted by Crippen LogP contribution is 2.38. The highest BCUT2D eigenvalue weighted by molar-refractivity contribution is 5.77. The van der Waals surface area contributed by atoms with Gasteiger partial charge in [0.1, 0.15) is 12.3 Å². The van der Waals surface area contributed by atoms with Crippen molar-refractivity contribution in [1.82, 2.24) is 4.90 Å². The van der Waals surface area contributed by atoms with E-state index in [4.69, 9.17) is 20.4 Å². The first kappa shape index (κ1) is 32.2. The lowest BCUT2D eigenvalue weighted by Crippen LogP contribution is -2.39. The molecule has 0 radical (unpaired) electrons. The molecule has 1 amide bonds. The number of carbonyl (C=O) groups is 1. The maximum atomic E-state index is 13.4. The van der Waals surface area contributed by atoms with E-state index in [1.54, 1.807) is 15.9 Å². The molecule has 2 aromatic carbocycles. The van der Waals surface area contributed by atoms with Crippen LogP contribution in [0, 0.1) is 11.3 Å². The molecule has 2 fully saturated rings. The van der Waals surface area contributed by atoms with E-state index in [1.165, 1.54) is 12.1 Å². The Morgan fingerprint density at radius 2 is 1.65 bits per heavy atom. The predicted octanol–water partition coefficient (Wildman–Crippen LogP) is 5.66. The molecule has 1 saturated carbocycles. The van der Waals surface area contributed by atoms with Crippen LogP contribution >= 0.6 is 0 Å². The van der Waals surface area contributed by atoms with E-state index >= 15 is 0 Å². The van der Waals surface area contributed by atoms with Gasteiger partial charge in [0.05, 0.1) is 28.9 Å². The van der Waals surface area contributed by atoms with Gasteiger partial charge in [-0.1, -0.05) is 0 Å². The van der Waals surface area contributed by atoms with Crippen molar-refractivity contribution < 1.29 is 46.3 Å². The van der Waals surface area contributed by atoms with Gasteiger partial charge in [-0.05, 0) is 68.5 Å². The molecule has 1 heterocycles. The molecule has 15 heteroatoms. The fraction of sp³-hybridized carbons (Fsp3) is 0.500. The average Bonchev–Trinajstić information content (AvgIpc) is 3.22. The van der Waals surface area contributed by atoms with Crippen LogP contribution in [0.15, 0.2) is 36.4 Å². The van der Waals surface area contributed by atoms with Crippen LogP contribution in [-0.2, 0) is 21.9 Å². The normalized spacial score (nSPS) is 19.9. The standard InChI is InChI=1S/C28H31F6N5O4/c29-27(30,31)23-15-21(6-2-18(23)16-35)37-10-1-11-38(13-12-37)26(40)17-43-22-7-3-19(4-8-22)36-20-5-9-25(39(41)42)24(14-20)28(32,33)34/h2,5-6,9,14-15,19,22,36,41-42H,1,3-4,7-8,10-13,17H2. The van der Waals surface area contributed by atoms with Gasteiger partial charge in [0.15, 0.2) is 0 Å². The Bertz CT molecular complexity index is 1320. The number of halogens is 6. The zero-order valence-corrected chi connectivity index (χ0v) is 23.0. The van der Waals surface area contributed by atoms with E-state index in [0.29, 0.717) is 64.0 Å². The van der Waals surface area contributed by atoms with Crippen LogP contribution in [0.2, 0.25) is 0 Å². The Balaban J connectivity index is 1.24. The third kappa shape index (κ3) is 8.21. The van der Waals surface area contributed by atoms with Gasteiger partial charge in [-0.25, -0.2) is 0 Å². The Kier molecular flexibility index (Phi) is 9.93. The molecule has 1 saturated heterocycles. The quantitative estimate of drug-likeness (QED) is 0.270. The number of amides is 1. The molecule has 3 N–H and O–H groups in total. The molecule has 0 atom stereocenters. The first-order valence-corrected chi connectivity index (χ1v) is 13.7. The molecular formula is C28H31F6N5O4. The molecule has 4 rings (SSSR count). The number of ether oxygens (including phenoxy) is 1. The predicted molar refractivity (Wildman–Crippen MR) is 143 cm³/mol. The van der Waals surface area contributed by atoms with Crippen molar-refractivity contribution >= 4 is 23.0 Å². The van der Waals surface area contributed by atoms with Gasteiger partial charge in [0, 0.05) is 43.6 Å². The topological polar surface area (TPSA) is 112 Å². The van der Waals surface area contributed by atoms with Crippen LogP contribution in [0.1, 0.15) is 48.8 Å². The van der Waals surface area contributed by atoms with Crippen LogP contribution in [0.25, 0.3) is 0 Å². The number of nitrogens with one attached hydrogen (secondary N) is 1. The fourth-order valence-electron chi connectivity index (χ4n) is 5.40. The molecule has 0 unspecified atom stereocenters. The first-order chi connectivity index (χ1) is 20.3. The molecule has 0 bridgehead atoms. The summed E-state index contributed by atoms with van der Waals surface area (Å²) in [6.07, 6.45) is -6.82. The third-order valence-electron chi connectivity index (χ3n) is 7.65. The highest BCUT2D eigenvalue weighted by atomic mass is 19.4. The number of nitrogens with zero attached hydrogens (tertiary/aromatic N) is 4. The summed E-state index contributed by atoms with van der Waals surface area (Å²) in [4.78, 5) is 16.2. The summed E-state index contributed by atoms with van der Waals surface area (Å²) in [5.74, 6) is -0.237. The van der Waals surface area contributed by atoms with E-state index in [9.17, 15) is 31.1 Å². The lowest BCUT2D eigenvalue weighted by atomic mass is 9.92. The molecule has 9 nitrogen and oxygen atoms in total. The lowest BCUT2D eigenvalue weighted by molar-refractivity contribution is -0.139. The van der Waals surface area contributed by atoms with Gasteiger partial charge >= 0.3 is 12.4 Å². The second-order valence-corrected chi connectivity index (χ2v) is 10.5. The summed E-state index contributed by atoms with van der Waals surface area (Å²) in [6.45, 7) is 1.31. The largest absolute Gasteiger partial charge is 0.418 e. The number of rotatable bonds is 7.